The van der Waals surface area contributed by atoms with Crippen LogP contribution in [0.1, 0.15) is 0 Å². The van der Waals surface area contributed by atoms with Gasteiger partial charge in [-0.2, -0.15) is 0 Å². The first-order valence-electron chi connectivity index (χ1n) is 8.64. The molecule has 0 aliphatic heterocycles. The number of hydrogen-bond acceptors (Lipinski definition) is 0. The predicted octanol–water partition coefficient (Wildman–Crippen LogP) is 3.28. The minimum atomic E-state index is -2.30. The number of rotatable bonds is 4. The average Bonchev–Trinajstić information content (AvgIpc) is 2.72. The van der Waals surface area contributed by atoms with E-state index in [1.807, 2.05) is 0 Å². The zero-order chi connectivity index (χ0) is 17.0. The maximum absolute atomic E-state index is 2.30. The Balaban J connectivity index is 0.00000131. The Labute approximate surface area is 179 Å². The van der Waals surface area contributed by atoms with E-state index in [9.17, 15) is 0 Å². The van der Waals surface area contributed by atoms with Crippen molar-refractivity contribution in [1.29, 1.82) is 0 Å². The Morgan fingerprint density at radius 1 is 0.333 bits per heavy atom. The third-order valence-electron chi connectivity index (χ3n) is 4.83. The summed E-state index contributed by atoms with van der Waals surface area (Å²) in [5.74, 6) is 0. The summed E-state index contributed by atoms with van der Waals surface area (Å²) in [5, 5.41) is 5.66. The molecule has 4 aromatic rings. The third-order valence-corrected chi connectivity index (χ3v) is 9.62. The quantitative estimate of drug-likeness (QED) is 0.360. The van der Waals surface area contributed by atoms with E-state index in [1.54, 1.807) is 0 Å². The van der Waals surface area contributed by atoms with Crippen LogP contribution in [0.15, 0.2) is 121 Å². The second-order valence-corrected chi connectivity index (χ2v) is 10.0. The topological polar surface area (TPSA) is 0 Å². The molecule has 0 aliphatic rings. The minimum absolute atomic E-state index is 0. The van der Waals surface area contributed by atoms with Crippen LogP contribution in [-0.4, -0.2) is 17.4 Å². The van der Waals surface area contributed by atoms with Gasteiger partial charge in [-0.25, -0.2) is 0 Å². The summed E-state index contributed by atoms with van der Waals surface area (Å²) in [6.07, 6.45) is 0. The van der Waals surface area contributed by atoms with Gasteiger partial charge < -0.3 is 0 Å². The summed E-state index contributed by atoms with van der Waals surface area (Å²) < 4.78 is 0. The summed E-state index contributed by atoms with van der Waals surface area (Å²) in [4.78, 5) is 0. The van der Waals surface area contributed by atoms with E-state index >= 15 is 0 Å². The molecular formula is C24H25AlClP. The number of halogens is 1. The van der Waals surface area contributed by atoms with Gasteiger partial charge >= 0.3 is 150 Å². The Morgan fingerprint density at radius 3 is 0.704 bits per heavy atom. The molecule has 3 heteroatoms. The van der Waals surface area contributed by atoms with Crippen molar-refractivity contribution in [3.63, 3.8) is 0 Å². The SMILES string of the molecule is Cl.[AlH3].c1ccc([PH](c2ccccc2)(c2ccccc2)c2ccccc2)cc1. The molecule has 0 amide bonds. The molecule has 0 spiro atoms. The van der Waals surface area contributed by atoms with E-state index in [4.69, 9.17) is 0 Å². The van der Waals surface area contributed by atoms with Crippen molar-refractivity contribution in [2.75, 3.05) is 0 Å². The van der Waals surface area contributed by atoms with Crippen LogP contribution in [0.3, 0.4) is 0 Å². The predicted molar refractivity (Wildman–Crippen MR) is 130 cm³/mol. The van der Waals surface area contributed by atoms with Gasteiger partial charge in [0.05, 0.1) is 0 Å². The summed E-state index contributed by atoms with van der Waals surface area (Å²) in [5.41, 5.74) is 0. The van der Waals surface area contributed by atoms with Crippen LogP contribution in [0.4, 0.5) is 0 Å². The standard InChI is InChI=1S/C24H21P.Al.ClH.3H/c1-5-13-21(14-6-1)25(22-15-7-2-8-16-22,23-17-9-3-10-18-23)24-19-11-4-12-20-24;;;;;/h1-20,25H;;1H;;;. The van der Waals surface area contributed by atoms with E-state index < -0.39 is 7.26 Å². The molecule has 0 saturated carbocycles. The molecule has 0 aliphatic carbocycles. The van der Waals surface area contributed by atoms with Gasteiger partial charge in [0, 0.05) is 0 Å². The number of benzene rings is 4. The fourth-order valence-corrected chi connectivity index (χ4v) is 8.52. The first-order chi connectivity index (χ1) is 12.4. The second kappa shape index (κ2) is 9.89. The molecule has 0 bridgehead atoms. The van der Waals surface area contributed by atoms with Crippen molar-refractivity contribution in [3.8, 4) is 0 Å². The molecule has 27 heavy (non-hydrogen) atoms. The normalized spacial score (nSPS) is 11.0. The van der Waals surface area contributed by atoms with Gasteiger partial charge in [0.1, 0.15) is 0 Å². The van der Waals surface area contributed by atoms with Crippen molar-refractivity contribution >= 4 is 58.2 Å². The summed E-state index contributed by atoms with van der Waals surface area (Å²) in [7, 11) is -2.30. The van der Waals surface area contributed by atoms with Crippen LogP contribution in [0, 0.1) is 0 Å². The Hall–Kier alpha value is -1.87. The molecule has 0 radical (unpaired) electrons. The monoisotopic (exact) mass is 406 g/mol. The van der Waals surface area contributed by atoms with Crippen molar-refractivity contribution in [2.24, 2.45) is 0 Å². The molecule has 0 fully saturated rings. The van der Waals surface area contributed by atoms with Gasteiger partial charge in [-0.05, 0) is 0 Å². The fraction of sp³-hybridized carbons (Fsp3) is 0. The Kier molecular flexibility index (Phi) is 7.85. The van der Waals surface area contributed by atoms with Crippen molar-refractivity contribution in [3.05, 3.63) is 121 Å². The van der Waals surface area contributed by atoms with Crippen LogP contribution in [-0.2, 0) is 0 Å². The molecule has 4 aromatic carbocycles. The molecule has 0 atom stereocenters. The van der Waals surface area contributed by atoms with Gasteiger partial charge in [0.2, 0.25) is 0 Å². The van der Waals surface area contributed by atoms with Crippen LogP contribution >= 0.6 is 19.7 Å². The van der Waals surface area contributed by atoms with E-state index in [-0.39, 0.29) is 29.8 Å². The molecule has 0 aromatic heterocycles. The summed E-state index contributed by atoms with van der Waals surface area (Å²) >= 11 is 0. The first kappa shape index (κ1) is 21.4. The van der Waals surface area contributed by atoms with Gasteiger partial charge in [0.25, 0.3) is 0 Å². The van der Waals surface area contributed by atoms with Gasteiger partial charge in [0.15, 0.2) is 17.4 Å². The average molecular weight is 407 g/mol. The van der Waals surface area contributed by atoms with Crippen molar-refractivity contribution in [2.45, 2.75) is 0 Å². The Morgan fingerprint density at radius 2 is 0.519 bits per heavy atom. The summed E-state index contributed by atoms with van der Waals surface area (Å²) in [6.45, 7) is 0. The number of hydrogen-bond donors (Lipinski definition) is 0. The molecule has 0 saturated heterocycles. The van der Waals surface area contributed by atoms with Crippen molar-refractivity contribution in [1.82, 2.24) is 0 Å². The van der Waals surface area contributed by atoms with E-state index in [2.05, 4.69) is 121 Å². The third kappa shape index (κ3) is 4.03. The van der Waals surface area contributed by atoms with Crippen LogP contribution in [0.5, 0.6) is 0 Å². The molecular weight excluding hydrogens is 382 g/mol. The Bertz CT molecular complexity index is 765. The molecule has 0 N–H and O–H groups in total. The molecule has 0 heterocycles. The molecule has 4 rings (SSSR count). The van der Waals surface area contributed by atoms with E-state index in [0.29, 0.717) is 0 Å². The van der Waals surface area contributed by atoms with Crippen LogP contribution < -0.4 is 21.2 Å². The summed E-state index contributed by atoms with van der Waals surface area (Å²) in [6, 6.07) is 44.0. The fourth-order valence-electron chi connectivity index (χ4n) is 3.75. The van der Waals surface area contributed by atoms with Gasteiger partial charge in [-0.15, -0.1) is 12.4 Å². The second-order valence-electron chi connectivity index (χ2n) is 6.21. The van der Waals surface area contributed by atoms with Gasteiger partial charge in [-0.1, -0.05) is 0 Å². The van der Waals surface area contributed by atoms with E-state index in [1.165, 1.54) is 21.2 Å². The maximum atomic E-state index is 2.29. The van der Waals surface area contributed by atoms with Crippen LogP contribution in [0.25, 0.3) is 0 Å². The zero-order valence-corrected chi connectivity index (χ0v) is 16.3. The first-order valence-corrected chi connectivity index (χ1v) is 10.6. The molecule has 0 nitrogen and oxygen atoms in total. The molecule has 136 valence electrons. The molecule has 0 unspecified atom stereocenters. The van der Waals surface area contributed by atoms with Gasteiger partial charge in [-0.3, -0.25) is 0 Å². The van der Waals surface area contributed by atoms with Crippen LogP contribution in [0.2, 0.25) is 0 Å². The zero-order valence-electron chi connectivity index (χ0n) is 14.5. The van der Waals surface area contributed by atoms with E-state index in [0.717, 1.165) is 0 Å². The van der Waals surface area contributed by atoms with Crippen molar-refractivity contribution < 1.29 is 0 Å².